The fourth-order valence-electron chi connectivity index (χ4n) is 3.02. The minimum absolute atomic E-state index is 0.164. The molecule has 1 atom stereocenters. The van der Waals surface area contributed by atoms with Gasteiger partial charge in [0.05, 0.1) is 16.5 Å². The number of anilines is 1. The molecule has 0 fully saturated rings. The topological polar surface area (TPSA) is 59.8 Å². The van der Waals surface area contributed by atoms with Crippen LogP contribution in [0.1, 0.15) is 18.7 Å². The van der Waals surface area contributed by atoms with Gasteiger partial charge in [0.15, 0.2) is 0 Å². The van der Waals surface area contributed by atoms with Crippen LogP contribution in [-0.2, 0) is 0 Å². The molecule has 0 saturated carbocycles. The zero-order chi connectivity index (χ0) is 19.0. The molecule has 0 aliphatic heterocycles. The van der Waals surface area contributed by atoms with E-state index in [9.17, 15) is 4.79 Å². The van der Waals surface area contributed by atoms with Gasteiger partial charge in [0.2, 0.25) is 10.4 Å². The summed E-state index contributed by atoms with van der Waals surface area (Å²) in [6.45, 7) is 1.96. The van der Waals surface area contributed by atoms with Crippen LogP contribution in [0.4, 0.5) is 5.13 Å². The van der Waals surface area contributed by atoms with Crippen molar-refractivity contribution < 1.29 is 0 Å². The molecule has 2 aromatic heterocycles. The molecule has 8 heteroatoms. The van der Waals surface area contributed by atoms with Gasteiger partial charge in [-0.05, 0) is 48.2 Å². The molecule has 5 nitrogen and oxygen atoms in total. The molecule has 4 rings (SSSR count). The van der Waals surface area contributed by atoms with Gasteiger partial charge in [-0.25, -0.2) is 0 Å². The largest absolute Gasteiger partial charge is 0.352 e. The number of hydrogen-bond donors (Lipinski definition) is 1. The minimum Gasteiger partial charge on any atom is -0.352 e. The summed E-state index contributed by atoms with van der Waals surface area (Å²) in [6, 6.07) is 16.7. The maximum absolute atomic E-state index is 13.3. The molecule has 0 amide bonds. The molecule has 2 heterocycles. The smallest absolute Gasteiger partial charge is 0.264 e. The lowest BCUT2D eigenvalue weighted by Crippen LogP contribution is -2.25. The van der Waals surface area contributed by atoms with Gasteiger partial charge in [0, 0.05) is 22.9 Å². The summed E-state index contributed by atoms with van der Waals surface area (Å²) in [6.07, 6.45) is 0. The predicted molar refractivity (Wildman–Crippen MR) is 112 cm³/mol. The molecule has 4 aromatic rings. The highest BCUT2D eigenvalue weighted by molar-refractivity contribution is 7.09. The number of fused-ring (bicyclic) bond motifs is 1. The highest BCUT2D eigenvalue weighted by Crippen LogP contribution is 2.27. The third-order valence-electron chi connectivity index (χ3n) is 4.22. The van der Waals surface area contributed by atoms with Crippen LogP contribution in [-0.4, -0.2) is 13.9 Å². The SMILES string of the molecule is C[C@H](Nc1nc(Cl)ns1)c1cc2cccc(Cl)c2c(=O)n1-c1ccccc1. The van der Waals surface area contributed by atoms with Crippen molar-refractivity contribution in [3.63, 3.8) is 0 Å². The van der Waals surface area contributed by atoms with Crippen molar-refractivity contribution in [2.24, 2.45) is 0 Å². The van der Waals surface area contributed by atoms with E-state index in [2.05, 4.69) is 14.7 Å². The number of hydrogen-bond acceptors (Lipinski definition) is 5. The molecular weight excluding hydrogens is 403 g/mol. The first-order chi connectivity index (χ1) is 13.0. The lowest BCUT2D eigenvalue weighted by Gasteiger charge is -2.20. The summed E-state index contributed by atoms with van der Waals surface area (Å²) in [5, 5.41) is 5.77. The van der Waals surface area contributed by atoms with Crippen molar-refractivity contribution in [2.45, 2.75) is 13.0 Å². The lowest BCUT2D eigenvalue weighted by atomic mass is 10.1. The van der Waals surface area contributed by atoms with Crippen molar-refractivity contribution in [2.75, 3.05) is 5.32 Å². The first kappa shape index (κ1) is 18.0. The monoisotopic (exact) mass is 416 g/mol. The van der Waals surface area contributed by atoms with Gasteiger partial charge in [-0.2, -0.15) is 9.36 Å². The van der Waals surface area contributed by atoms with Gasteiger partial charge >= 0.3 is 0 Å². The zero-order valence-electron chi connectivity index (χ0n) is 14.2. The molecule has 0 radical (unpaired) electrons. The maximum atomic E-state index is 13.3. The molecule has 2 aromatic carbocycles. The van der Waals surface area contributed by atoms with Crippen LogP contribution >= 0.6 is 34.7 Å². The van der Waals surface area contributed by atoms with Crippen LogP contribution in [0.3, 0.4) is 0 Å². The van der Waals surface area contributed by atoms with Crippen molar-refractivity contribution in [1.82, 2.24) is 13.9 Å². The third-order valence-corrected chi connectivity index (χ3v) is 5.45. The lowest BCUT2D eigenvalue weighted by molar-refractivity contribution is 0.777. The third kappa shape index (κ3) is 3.43. The molecule has 0 aliphatic rings. The van der Waals surface area contributed by atoms with E-state index in [1.54, 1.807) is 10.6 Å². The number of rotatable bonds is 4. The van der Waals surface area contributed by atoms with Crippen molar-refractivity contribution in [1.29, 1.82) is 0 Å². The number of halogens is 2. The Labute approximate surface area is 169 Å². The molecule has 0 unspecified atom stereocenters. The van der Waals surface area contributed by atoms with Crippen LogP contribution < -0.4 is 10.9 Å². The molecule has 136 valence electrons. The average molecular weight is 417 g/mol. The Kier molecular flexibility index (Phi) is 4.86. The number of nitrogens with zero attached hydrogens (tertiary/aromatic N) is 3. The molecule has 0 saturated heterocycles. The number of pyridine rings is 1. The van der Waals surface area contributed by atoms with Crippen molar-refractivity contribution in [3.8, 4) is 5.69 Å². The summed E-state index contributed by atoms with van der Waals surface area (Å²) in [4.78, 5) is 17.5. The quantitative estimate of drug-likeness (QED) is 0.488. The van der Waals surface area contributed by atoms with Crippen LogP contribution in [0.2, 0.25) is 10.3 Å². The number of benzene rings is 2. The van der Waals surface area contributed by atoms with E-state index in [4.69, 9.17) is 23.2 Å². The molecule has 0 aliphatic carbocycles. The fraction of sp³-hybridized carbons (Fsp3) is 0.105. The second kappa shape index (κ2) is 7.31. The van der Waals surface area contributed by atoms with Crippen LogP contribution in [0.15, 0.2) is 59.4 Å². The molecule has 0 spiro atoms. The molecular formula is C19H14Cl2N4OS. The van der Waals surface area contributed by atoms with E-state index >= 15 is 0 Å². The van der Waals surface area contributed by atoms with Crippen LogP contribution in [0, 0.1) is 0 Å². The number of aromatic nitrogens is 3. The Bertz CT molecular complexity index is 1170. The minimum atomic E-state index is -0.217. The van der Waals surface area contributed by atoms with Gasteiger partial charge in [-0.15, -0.1) is 0 Å². The Morgan fingerprint density at radius 1 is 1.11 bits per heavy atom. The zero-order valence-corrected chi connectivity index (χ0v) is 16.5. The Hall–Kier alpha value is -2.41. The van der Waals surface area contributed by atoms with E-state index in [1.165, 1.54) is 11.5 Å². The second-order valence-electron chi connectivity index (χ2n) is 5.98. The summed E-state index contributed by atoms with van der Waals surface area (Å²) in [5.41, 5.74) is 1.39. The highest BCUT2D eigenvalue weighted by atomic mass is 35.5. The Balaban J connectivity index is 1.94. The van der Waals surface area contributed by atoms with Gasteiger partial charge < -0.3 is 5.32 Å². The van der Waals surface area contributed by atoms with Crippen LogP contribution in [0.5, 0.6) is 0 Å². The normalized spacial score (nSPS) is 12.3. The Morgan fingerprint density at radius 3 is 2.59 bits per heavy atom. The van der Waals surface area contributed by atoms with Gasteiger partial charge in [0.1, 0.15) is 0 Å². The summed E-state index contributed by atoms with van der Waals surface area (Å²) >= 11 is 13.3. The summed E-state index contributed by atoms with van der Waals surface area (Å²) in [7, 11) is 0. The van der Waals surface area contributed by atoms with E-state index in [0.717, 1.165) is 16.8 Å². The molecule has 0 bridgehead atoms. The van der Waals surface area contributed by atoms with Gasteiger partial charge in [-0.1, -0.05) is 41.9 Å². The fourth-order valence-corrected chi connectivity index (χ4v) is 4.09. The average Bonchev–Trinajstić information content (AvgIpc) is 3.06. The van der Waals surface area contributed by atoms with Gasteiger partial charge in [-0.3, -0.25) is 9.36 Å². The van der Waals surface area contributed by atoms with Crippen molar-refractivity contribution in [3.05, 3.63) is 81.0 Å². The van der Waals surface area contributed by atoms with Crippen molar-refractivity contribution >= 4 is 50.6 Å². The number of para-hydroxylation sites is 1. The standard InChI is InChI=1S/C19H14Cl2N4OS/c1-11(22-19-23-18(21)24-27-19)15-10-12-6-5-9-14(20)16(12)17(26)25(15)13-7-3-2-4-8-13/h2-11H,1H3,(H,22,23,24)/t11-/m0/s1. The maximum Gasteiger partial charge on any atom is 0.264 e. The predicted octanol–water partition coefficient (Wildman–Crippen LogP) is 5.32. The van der Waals surface area contributed by atoms with E-state index in [0.29, 0.717) is 15.5 Å². The summed E-state index contributed by atoms with van der Waals surface area (Å²) in [5.74, 6) is 0. The van der Waals surface area contributed by atoms with E-state index in [1.807, 2.05) is 55.5 Å². The molecule has 27 heavy (non-hydrogen) atoms. The second-order valence-corrected chi connectivity index (χ2v) is 7.48. The molecule has 1 N–H and O–H groups in total. The number of nitrogens with one attached hydrogen (secondary N) is 1. The first-order valence-corrected chi connectivity index (χ1v) is 9.73. The van der Waals surface area contributed by atoms with E-state index in [-0.39, 0.29) is 16.9 Å². The first-order valence-electron chi connectivity index (χ1n) is 8.20. The van der Waals surface area contributed by atoms with Crippen LogP contribution in [0.25, 0.3) is 16.5 Å². The summed E-state index contributed by atoms with van der Waals surface area (Å²) < 4.78 is 5.65. The van der Waals surface area contributed by atoms with E-state index < -0.39 is 0 Å². The highest BCUT2D eigenvalue weighted by Gasteiger charge is 2.18. The van der Waals surface area contributed by atoms with Gasteiger partial charge in [0.25, 0.3) is 5.56 Å². The Morgan fingerprint density at radius 2 is 1.89 bits per heavy atom.